The van der Waals surface area contributed by atoms with Gasteiger partial charge in [0.1, 0.15) is 12.7 Å². The first-order chi connectivity index (χ1) is 15.7. The second-order valence-electron chi connectivity index (χ2n) is 7.80. The fourth-order valence-electron chi connectivity index (χ4n) is 3.94. The van der Waals surface area contributed by atoms with Crippen LogP contribution in [0, 0.1) is 0 Å². The lowest BCUT2D eigenvalue weighted by Gasteiger charge is -2.11. The Morgan fingerprint density at radius 2 is 1.88 bits per heavy atom. The summed E-state index contributed by atoms with van der Waals surface area (Å²) in [6.45, 7) is 0.181. The fraction of sp³-hybridized carbons (Fsp3) is 0.364. The molecule has 32 heavy (non-hydrogen) atoms. The number of hydrogen-bond donors (Lipinski definition) is 0. The Labute approximate surface area is 184 Å². The Morgan fingerprint density at radius 3 is 2.69 bits per heavy atom. The van der Waals surface area contributed by atoms with Gasteiger partial charge < -0.3 is 9.47 Å². The maximum Gasteiger partial charge on any atom is 0.312 e. The minimum Gasteiger partial charge on any atom is -0.462 e. The number of pyridine rings is 1. The molecule has 0 bridgehead atoms. The summed E-state index contributed by atoms with van der Waals surface area (Å²) in [5, 5.41) is 11.7. The van der Waals surface area contributed by atoms with Crippen molar-refractivity contribution in [2.24, 2.45) is 7.05 Å². The van der Waals surface area contributed by atoms with Crippen LogP contribution in [-0.2, 0) is 29.6 Å². The van der Waals surface area contributed by atoms with Gasteiger partial charge in [0.25, 0.3) is 5.95 Å². The number of hydrogen-bond acceptors (Lipinski definition) is 8. The average molecular weight is 433 g/mol. The molecule has 164 valence electrons. The topological polar surface area (TPSA) is 110 Å². The first-order valence-electron chi connectivity index (χ1n) is 10.6. The zero-order chi connectivity index (χ0) is 21.9. The summed E-state index contributed by atoms with van der Waals surface area (Å²) in [5.74, 6) is 0.254. The lowest BCUT2D eigenvalue weighted by Crippen LogP contribution is -2.17. The third kappa shape index (κ3) is 4.16. The molecule has 1 fully saturated rings. The van der Waals surface area contributed by atoms with Crippen LogP contribution in [0.4, 0.5) is 0 Å². The number of carbonyl (C=O) groups excluding carboxylic acids is 1. The van der Waals surface area contributed by atoms with Crippen molar-refractivity contribution >= 4 is 17.0 Å². The van der Waals surface area contributed by atoms with Crippen LogP contribution in [0.3, 0.4) is 0 Å². The van der Waals surface area contributed by atoms with E-state index in [1.54, 1.807) is 16.3 Å². The van der Waals surface area contributed by atoms with Gasteiger partial charge >= 0.3 is 12.0 Å². The Kier molecular flexibility index (Phi) is 5.49. The summed E-state index contributed by atoms with van der Waals surface area (Å²) in [6, 6.07) is 13.5. The first kappa shape index (κ1) is 20.1. The number of esters is 1. The highest BCUT2D eigenvalue weighted by Gasteiger charge is 2.20. The number of ether oxygens (including phenoxy) is 2. The van der Waals surface area contributed by atoms with Crippen molar-refractivity contribution in [3.63, 3.8) is 0 Å². The highest BCUT2D eigenvalue weighted by Crippen LogP contribution is 2.25. The Bertz CT molecular complexity index is 1240. The minimum atomic E-state index is -0.237. The normalized spacial score (nSPS) is 14.2. The summed E-state index contributed by atoms with van der Waals surface area (Å²) in [7, 11) is 1.75. The molecule has 4 aromatic rings. The summed E-state index contributed by atoms with van der Waals surface area (Å²) in [4.78, 5) is 21.4. The Morgan fingerprint density at radius 1 is 1.06 bits per heavy atom. The molecule has 0 atom stereocenters. The molecule has 10 nitrogen and oxygen atoms in total. The van der Waals surface area contributed by atoms with Crippen LogP contribution < -0.4 is 4.74 Å². The zero-order valence-corrected chi connectivity index (χ0v) is 17.7. The first-order valence-corrected chi connectivity index (χ1v) is 10.6. The molecule has 10 heteroatoms. The van der Waals surface area contributed by atoms with E-state index in [-0.39, 0.29) is 25.1 Å². The molecule has 5 rings (SSSR count). The van der Waals surface area contributed by atoms with E-state index in [9.17, 15) is 4.79 Å². The number of nitrogens with zero attached hydrogens (tertiary/aromatic N) is 7. The van der Waals surface area contributed by atoms with Gasteiger partial charge in [-0.15, -0.1) is 0 Å². The third-order valence-corrected chi connectivity index (χ3v) is 5.47. The van der Waals surface area contributed by atoms with E-state index in [2.05, 4.69) is 25.5 Å². The molecule has 0 aliphatic heterocycles. The average Bonchev–Trinajstić information content (AvgIpc) is 3.52. The van der Waals surface area contributed by atoms with Crippen LogP contribution in [0.1, 0.15) is 37.1 Å². The number of para-hydroxylation sites is 2. The van der Waals surface area contributed by atoms with Crippen molar-refractivity contribution in [3.8, 4) is 12.0 Å². The number of aryl methyl sites for hydroxylation is 1. The molecule has 3 aromatic heterocycles. The smallest absolute Gasteiger partial charge is 0.312 e. The van der Waals surface area contributed by atoms with Crippen LogP contribution >= 0.6 is 0 Å². The zero-order valence-electron chi connectivity index (χ0n) is 17.7. The third-order valence-electron chi connectivity index (χ3n) is 5.47. The summed E-state index contributed by atoms with van der Waals surface area (Å²) >= 11 is 0. The van der Waals surface area contributed by atoms with Crippen molar-refractivity contribution in [1.82, 2.24) is 34.7 Å². The van der Waals surface area contributed by atoms with Gasteiger partial charge in [-0.2, -0.15) is 4.98 Å². The van der Waals surface area contributed by atoms with Crippen molar-refractivity contribution in [2.45, 2.75) is 44.8 Å². The second-order valence-corrected chi connectivity index (χ2v) is 7.80. The summed E-state index contributed by atoms with van der Waals surface area (Å²) in [6.07, 6.45) is 4.35. The van der Waals surface area contributed by atoms with Crippen LogP contribution in [0.25, 0.3) is 17.0 Å². The van der Waals surface area contributed by atoms with E-state index in [0.717, 1.165) is 36.7 Å². The van der Waals surface area contributed by atoms with Crippen LogP contribution in [-0.4, -0.2) is 46.8 Å². The van der Waals surface area contributed by atoms with Crippen LogP contribution in [0.2, 0.25) is 0 Å². The quantitative estimate of drug-likeness (QED) is 0.409. The monoisotopic (exact) mass is 433 g/mol. The molecule has 3 heterocycles. The molecule has 0 spiro atoms. The van der Waals surface area contributed by atoms with Crippen molar-refractivity contribution in [1.29, 1.82) is 0 Å². The molecule has 1 saturated carbocycles. The Hall–Kier alpha value is -3.82. The van der Waals surface area contributed by atoms with Gasteiger partial charge in [0, 0.05) is 7.05 Å². The number of fused-ring (bicyclic) bond motifs is 1. The van der Waals surface area contributed by atoms with Gasteiger partial charge in [0.05, 0.1) is 28.8 Å². The van der Waals surface area contributed by atoms with E-state index in [1.165, 1.54) is 0 Å². The maximum atomic E-state index is 12.2. The molecule has 0 unspecified atom stereocenters. The number of benzene rings is 1. The number of aromatic nitrogens is 7. The molecule has 1 aliphatic rings. The van der Waals surface area contributed by atoms with Crippen LogP contribution in [0.5, 0.6) is 6.01 Å². The SMILES string of the molecule is Cn1nnnc1-n1c(OCc2cccc(CC(=O)OC3CCCC3)n2)nc2ccccc21. The lowest BCUT2D eigenvalue weighted by atomic mass is 10.2. The molecule has 1 aromatic carbocycles. The van der Waals surface area contributed by atoms with Crippen molar-refractivity contribution in [3.05, 3.63) is 53.9 Å². The maximum absolute atomic E-state index is 12.2. The molecule has 0 radical (unpaired) electrons. The number of rotatable bonds is 7. The lowest BCUT2D eigenvalue weighted by molar-refractivity contribution is -0.147. The number of carbonyl (C=O) groups is 1. The second kappa shape index (κ2) is 8.74. The summed E-state index contributed by atoms with van der Waals surface area (Å²) < 4.78 is 14.9. The Balaban J connectivity index is 1.32. The minimum absolute atomic E-state index is 0.0529. The highest BCUT2D eigenvalue weighted by molar-refractivity contribution is 5.78. The van der Waals surface area contributed by atoms with Gasteiger partial charge in [-0.25, -0.2) is 9.25 Å². The van der Waals surface area contributed by atoms with Gasteiger partial charge in [-0.3, -0.25) is 9.78 Å². The van der Waals surface area contributed by atoms with Gasteiger partial charge in [-0.05, 0) is 60.4 Å². The number of tetrazole rings is 1. The molecule has 0 saturated heterocycles. The largest absolute Gasteiger partial charge is 0.462 e. The van der Waals surface area contributed by atoms with E-state index in [1.807, 2.05) is 42.5 Å². The van der Waals surface area contributed by atoms with E-state index < -0.39 is 0 Å². The van der Waals surface area contributed by atoms with Gasteiger partial charge in [-0.1, -0.05) is 23.3 Å². The van der Waals surface area contributed by atoms with Gasteiger partial charge in [0.2, 0.25) is 0 Å². The van der Waals surface area contributed by atoms with Gasteiger partial charge in [0.15, 0.2) is 0 Å². The standard InChI is InChI=1S/C22H23N7O3/c1-28-21(25-26-27-28)29-19-12-5-4-11-18(19)24-22(29)31-14-16-8-6-7-15(23-16)13-20(30)32-17-9-2-3-10-17/h4-8,11-12,17H,2-3,9-10,13-14H2,1H3. The van der Waals surface area contributed by atoms with Crippen molar-refractivity contribution < 1.29 is 14.3 Å². The number of imidazole rings is 1. The predicted octanol–water partition coefficient (Wildman–Crippen LogP) is 2.55. The van der Waals surface area contributed by atoms with E-state index in [4.69, 9.17) is 9.47 Å². The van der Waals surface area contributed by atoms with Crippen LogP contribution in [0.15, 0.2) is 42.5 Å². The molecule has 1 aliphatic carbocycles. The van der Waals surface area contributed by atoms with Crippen molar-refractivity contribution in [2.75, 3.05) is 0 Å². The molecular formula is C22H23N7O3. The fourth-order valence-corrected chi connectivity index (χ4v) is 3.94. The molecular weight excluding hydrogens is 410 g/mol. The molecule has 0 amide bonds. The predicted molar refractivity (Wildman–Crippen MR) is 114 cm³/mol. The summed E-state index contributed by atoms with van der Waals surface area (Å²) in [5.41, 5.74) is 2.93. The van der Waals surface area contributed by atoms with E-state index in [0.29, 0.717) is 23.3 Å². The highest BCUT2D eigenvalue weighted by atomic mass is 16.5. The molecule has 0 N–H and O–H groups in total. The van der Waals surface area contributed by atoms with E-state index >= 15 is 0 Å².